The van der Waals surface area contributed by atoms with E-state index in [9.17, 15) is 0 Å². The minimum Gasteiger partial charge on any atom is -0.344 e. The monoisotopic (exact) mass is 245 g/mol. The Morgan fingerprint density at radius 3 is 2.73 bits per heavy atom. The first kappa shape index (κ1) is 12.6. The third-order valence-electron chi connectivity index (χ3n) is 2.55. The van der Waals surface area contributed by atoms with Gasteiger partial charge in [-0.1, -0.05) is 31.6 Å². The number of nitrogens with zero attached hydrogens (tertiary/aromatic N) is 2. The molecule has 0 saturated carbocycles. The van der Waals surface area contributed by atoms with Crippen LogP contribution in [0.1, 0.15) is 40.0 Å². The summed E-state index contributed by atoms with van der Waals surface area (Å²) in [6, 6.07) is 0.533. The summed E-state index contributed by atoms with van der Waals surface area (Å²) in [4.78, 5) is 2.35. The van der Waals surface area contributed by atoms with E-state index in [4.69, 9.17) is 12.2 Å². The molecule has 1 rings (SSSR count). The molecule has 0 saturated heterocycles. The van der Waals surface area contributed by atoms with Gasteiger partial charge in [0, 0.05) is 12.6 Å². The highest BCUT2D eigenvalue weighted by atomic mass is 32.1. The number of hydrogen-bond acceptors (Lipinski definition) is 4. The van der Waals surface area contributed by atoms with Crippen molar-refractivity contribution in [2.24, 2.45) is 0 Å². The summed E-state index contributed by atoms with van der Waals surface area (Å²) in [6.07, 6.45) is 3.55. The zero-order chi connectivity index (χ0) is 11.3. The molecule has 0 aliphatic rings. The van der Waals surface area contributed by atoms with E-state index in [1.54, 1.807) is 11.3 Å². The Morgan fingerprint density at radius 1 is 1.53 bits per heavy atom. The molecule has 1 atom stereocenters. The van der Waals surface area contributed by atoms with Crippen LogP contribution in [0.4, 0.5) is 5.13 Å². The van der Waals surface area contributed by atoms with Gasteiger partial charge in [-0.2, -0.15) is 0 Å². The molecule has 1 N–H and O–H groups in total. The zero-order valence-electron chi connectivity index (χ0n) is 9.62. The van der Waals surface area contributed by atoms with E-state index >= 15 is 0 Å². The molecule has 5 heteroatoms. The molecule has 1 heterocycles. The van der Waals surface area contributed by atoms with Crippen LogP contribution < -0.4 is 4.90 Å². The van der Waals surface area contributed by atoms with Crippen molar-refractivity contribution in [3.8, 4) is 0 Å². The fourth-order valence-electron chi connectivity index (χ4n) is 1.40. The molecule has 0 aliphatic carbocycles. The smallest absolute Gasteiger partial charge is 0.207 e. The summed E-state index contributed by atoms with van der Waals surface area (Å²) in [6.45, 7) is 7.72. The van der Waals surface area contributed by atoms with Crippen LogP contribution in [-0.4, -0.2) is 22.8 Å². The third kappa shape index (κ3) is 3.57. The Hall–Kier alpha value is -0.420. The van der Waals surface area contributed by atoms with Crippen molar-refractivity contribution in [3.05, 3.63) is 3.95 Å². The van der Waals surface area contributed by atoms with Crippen LogP contribution in [0.2, 0.25) is 0 Å². The normalized spacial score (nSPS) is 12.7. The number of rotatable bonds is 6. The van der Waals surface area contributed by atoms with Crippen LogP contribution in [0, 0.1) is 3.95 Å². The van der Waals surface area contributed by atoms with E-state index in [-0.39, 0.29) is 0 Å². The molecule has 0 fully saturated rings. The fourth-order valence-corrected chi connectivity index (χ4v) is 2.40. The second-order valence-corrected chi connectivity index (χ2v) is 5.34. The number of anilines is 1. The molecule has 0 amide bonds. The Bertz CT molecular complexity index is 331. The number of H-pyrrole nitrogens is 1. The molecule has 86 valence electrons. The van der Waals surface area contributed by atoms with Gasteiger partial charge in [-0.15, -0.1) is 5.10 Å². The van der Waals surface area contributed by atoms with E-state index in [0.717, 1.165) is 22.1 Å². The molecule has 0 bridgehead atoms. The second-order valence-electron chi connectivity index (χ2n) is 3.70. The summed E-state index contributed by atoms with van der Waals surface area (Å²) < 4.78 is 0.759. The van der Waals surface area contributed by atoms with Crippen molar-refractivity contribution in [1.29, 1.82) is 0 Å². The highest BCUT2D eigenvalue weighted by Gasteiger charge is 2.15. The molecular formula is C10H19N3S2. The van der Waals surface area contributed by atoms with Crippen molar-refractivity contribution in [1.82, 2.24) is 10.2 Å². The molecule has 1 aromatic heterocycles. The predicted octanol–water partition coefficient (Wildman–Crippen LogP) is 3.61. The fraction of sp³-hybridized carbons (Fsp3) is 0.800. The minimum atomic E-state index is 0.533. The molecular weight excluding hydrogens is 226 g/mol. The minimum absolute atomic E-state index is 0.533. The van der Waals surface area contributed by atoms with Gasteiger partial charge in [-0.25, -0.2) is 0 Å². The number of hydrogen-bond donors (Lipinski definition) is 1. The summed E-state index contributed by atoms with van der Waals surface area (Å²) in [5, 5.41) is 8.13. The van der Waals surface area contributed by atoms with Crippen LogP contribution in [0.25, 0.3) is 0 Å². The maximum Gasteiger partial charge on any atom is 0.207 e. The summed E-state index contributed by atoms with van der Waals surface area (Å²) in [5.74, 6) is 0. The molecule has 0 radical (unpaired) electrons. The lowest BCUT2D eigenvalue weighted by molar-refractivity contribution is 0.592. The van der Waals surface area contributed by atoms with Crippen molar-refractivity contribution < 1.29 is 0 Å². The van der Waals surface area contributed by atoms with Gasteiger partial charge in [0.05, 0.1) is 0 Å². The van der Waals surface area contributed by atoms with Gasteiger partial charge in [0.1, 0.15) is 0 Å². The second kappa shape index (κ2) is 6.23. The average molecular weight is 245 g/mol. The first-order chi connectivity index (χ1) is 7.19. The highest BCUT2D eigenvalue weighted by Crippen LogP contribution is 2.21. The largest absolute Gasteiger partial charge is 0.344 e. The summed E-state index contributed by atoms with van der Waals surface area (Å²) >= 11 is 6.63. The Kier molecular flexibility index (Phi) is 5.25. The van der Waals surface area contributed by atoms with Crippen molar-refractivity contribution >= 4 is 28.7 Å². The van der Waals surface area contributed by atoms with E-state index in [0.29, 0.717) is 6.04 Å². The molecule has 0 spiro atoms. The molecule has 0 aliphatic heterocycles. The molecule has 0 aromatic carbocycles. The highest BCUT2D eigenvalue weighted by molar-refractivity contribution is 7.73. The predicted molar refractivity (Wildman–Crippen MR) is 69.3 cm³/mol. The van der Waals surface area contributed by atoms with Gasteiger partial charge in [0.25, 0.3) is 0 Å². The van der Waals surface area contributed by atoms with Crippen molar-refractivity contribution in [2.45, 2.75) is 46.1 Å². The summed E-state index contributed by atoms with van der Waals surface area (Å²) in [7, 11) is 0. The lowest BCUT2D eigenvalue weighted by Gasteiger charge is -2.27. The Balaban J connectivity index is 2.75. The summed E-state index contributed by atoms with van der Waals surface area (Å²) in [5.41, 5.74) is 0. The van der Waals surface area contributed by atoms with Crippen molar-refractivity contribution in [3.63, 3.8) is 0 Å². The van der Waals surface area contributed by atoms with Gasteiger partial charge >= 0.3 is 0 Å². The molecule has 1 aromatic rings. The molecule has 1 unspecified atom stereocenters. The maximum absolute atomic E-state index is 5.06. The van der Waals surface area contributed by atoms with Crippen LogP contribution >= 0.6 is 23.6 Å². The maximum atomic E-state index is 5.06. The third-order valence-corrected chi connectivity index (χ3v) is 3.67. The van der Waals surface area contributed by atoms with E-state index < -0.39 is 0 Å². The quantitative estimate of drug-likeness (QED) is 0.777. The van der Waals surface area contributed by atoms with E-state index in [2.05, 4.69) is 35.9 Å². The number of unbranched alkanes of at least 4 members (excludes halogenated alkanes) is 1. The van der Waals surface area contributed by atoms with Gasteiger partial charge in [0.2, 0.25) is 5.13 Å². The topological polar surface area (TPSA) is 31.9 Å². The average Bonchev–Trinajstić information content (AvgIpc) is 2.65. The standard InChI is InChI=1S/C10H19N3S2/c1-4-6-7-13(8(3)5-2)9-11-12-10(14)15-9/h8H,4-7H2,1-3H3,(H,12,14). The van der Waals surface area contributed by atoms with E-state index in [1.165, 1.54) is 12.8 Å². The van der Waals surface area contributed by atoms with Gasteiger partial charge in [-0.3, -0.25) is 5.10 Å². The van der Waals surface area contributed by atoms with Gasteiger partial charge < -0.3 is 4.90 Å². The van der Waals surface area contributed by atoms with Crippen LogP contribution in [-0.2, 0) is 0 Å². The lowest BCUT2D eigenvalue weighted by Crippen LogP contribution is -2.33. The first-order valence-electron chi connectivity index (χ1n) is 5.51. The van der Waals surface area contributed by atoms with Crippen LogP contribution in [0.15, 0.2) is 0 Å². The van der Waals surface area contributed by atoms with Gasteiger partial charge in [0.15, 0.2) is 3.95 Å². The number of aromatic amines is 1. The Labute approximate surface area is 101 Å². The number of aromatic nitrogens is 2. The number of nitrogens with one attached hydrogen (secondary N) is 1. The molecule has 3 nitrogen and oxygen atoms in total. The lowest BCUT2D eigenvalue weighted by atomic mass is 10.2. The van der Waals surface area contributed by atoms with Gasteiger partial charge in [-0.05, 0) is 32.0 Å². The van der Waals surface area contributed by atoms with Crippen LogP contribution in [0.3, 0.4) is 0 Å². The van der Waals surface area contributed by atoms with E-state index in [1.807, 2.05) is 0 Å². The van der Waals surface area contributed by atoms with Crippen molar-refractivity contribution in [2.75, 3.05) is 11.4 Å². The zero-order valence-corrected chi connectivity index (χ0v) is 11.2. The first-order valence-corrected chi connectivity index (χ1v) is 6.73. The Morgan fingerprint density at radius 2 is 2.27 bits per heavy atom. The molecule has 15 heavy (non-hydrogen) atoms. The van der Waals surface area contributed by atoms with Crippen LogP contribution in [0.5, 0.6) is 0 Å². The SMILES string of the molecule is CCCCN(c1n[nH]c(=S)s1)C(C)CC.